The highest BCUT2D eigenvalue weighted by atomic mass is 32.2. The maximum Gasteiger partial charge on any atom is 0.233 e. The highest BCUT2D eigenvalue weighted by Crippen LogP contribution is 2.35. The molecule has 1 amide bonds. The third-order valence-electron chi connectivity index (χ3n) is 2.75. The lowest BCUT2D eigenvalue weighted by molar-refractivity contribution is -0.120. The maximum absolute atomic E-state index is 11.8. The fourth-order valence-corrected chi connectivity index (χ4v) is 3.88. The second-order valence-electron chi connectivity index (χ2n) is 4.35. The molecule has 5 heteroatoms. The van der Waals surface area contributed by atoms with Crippen molar-refractivity contribution in [2.75, 3.05) is 6.54 Å². The molecular formula is C14H18N2OS2. The Hall–Kier alpha value is -0.940. The number of hydrogen-bond acceptors (Lipinski definition) is 4. The van der Waals surface area contributed by atoms with Gasteiger partial charge in [0.25, 0.3) is 0 Å². The molecule has 102 valence electrons. The molecular weight excluding hydrogens is 276 g/mol. The van der Waals surface area contributed by atoms with Gasteiger partial charge in [-0.2, -0.15) is 0 Å². The average Bonchev–Trinajstić information content (AvgIpc) is 2.44. The molecule has 0 saturated heterocycles. The smallest absolute Gasteiger partial charge is 0.233 e. The number of hydrogen-bond donors (Lipinski definition) is 1. The van der Waals surface area contributed by atoms with E-state index in [9.17, 15) is 4.79 Å². The van der Waals surface area contributed by atoms with Crippen LogP contribution in [-0.4, -0.2) is 22.1 Å². The molecule has 1 aliphatic rings. The number of nitrogens with one attached hydrogen (secondary N) is 1. The number of nitrogens with zero attached hydrogens (tertiary/aromatic N) is 1. The van der Waals surface area contributed by atoms with Crippen molar-refractivity contribution in [3.05, 3.63) is 29.8 Å². The second-order valence-corrected chi connectivity index (χ2v) is 6.90. The van der Waals surface area contributed by atoms with Crippen molar-refractivity contribution in [3.8, 4) is 0 Å². The summed E-state index contributed by atoms with van der Waals surface area (Å²) in [6.45, 7) is 4.72. The van der Waals surface area contributed by atoms with Crippen LogP contribution in [0.3, 0.4) is 0 Å². The number of benzene rings is 1. The van der Waals surface area contributed by atoms with E-state index < -0.39 is 0 Å². The van der Waals surface area contributed by atoms with Gasteiger partial charge in [-0.1, -0.05) is 48.6 Å². The first kappa shape index (κ1) is 14.5. The summed E-state index contributed by atoms with van der Waals surface area (Å²) >= 11 is 3.25. The zero-order chi connectivity index (χ0) is 13.7. The fraction of sp³-hybridized carbons (Fsp3) is 0.429. The molecule has 1 aliphatic heterocycles. The Kier molecular flexibility index (Phi) is 5.34. The van der Waals surface area contributed by atoms with Gasteiger partial charge in [-0.3, -0.25) is 4.79 Å². The van der Waals surface area contributed by atoms with Crippen LogP contribution in [0.1, 0.15) is 25.8 Å². The minimum absolute atomic E-state index is 0.0917. The lowest BCUT2D eigenvalue weighted by Crippen LogP contribution is -2.31. The van der Waals surface area contributed by atoms with Gasteiger partial charge in [-0.15, -0.1) is 0 Å². The van der Waals surface area contributed by atoms with Crippen LogP contribution in [0.25, 0.3) is 0 Å². The second kappa shape index (κ2) is 7.01. The van der Waals surface area contributed by atoms with Gasteiger partial charge in [0.2, 0.25) is 5.91 Å². The highest BCUT2D eigenvalue weighted by Gasteiger charge is 2.19. The Balaban J connectivity index is 1.97. The Morgan fingerprint density at radius 1 is 1.53 bits per heavy atom. The Morgan fingerprint density at radius 2 is 2.32 bits per heavy atom. The van der Waals surface area contributed by atoms with E-state index in [1.807, 2.05) is 25.1 Å². The van der Waals surface area contributed by atoms with E-state index in [4.69, 9.17) is 0 Å². The average molecular weight is 294 g/mol. The van der Waals surface area contributed by atoms with Crippen LogP contribution in [0.5, 0.6) is 0 Å². The van der Waals surface area contributed by atoms with E-state index in [2.05, 4.69) is 23.3 Å². The molecule has 1 N–H and O–H groups in total. The summed E-state index contributed by atoms with van der Waals surface area (Å²) in [5.41, 5.74) is 2.30. The van der Waals surface area contributed by atoms with Crippen molar-refractivity contribution < 1.29 is 4.79 Å². The molecule has 1 aromatic rings. The van der Waals surface area contributed by atoms with Crippen LogP contribution in [0, 0.1) is 0 Å². The van der Waals surface area contributed by atoms with Gasteiger partial charge in [0, 0.05) is 12.3 Å². The predicted octanol–water partition coefficient (Wildman–Crippen LogP) is 3.57. The molecule has 2 rings (SSSR count). The number of carbonyl (C=O) groups is 1. The van der Waals surface area contributed by atoms with Crippen molar-refractivity contribution in [1.82, 2.24) is 5.32 Å². The minimum Gasteiger partial charge on any atom is -0.355 e. The molecule has 0 radical (unpaired) electrons. The van der Waals surface area contributed by atoms with Crippen molar-refractivity contribution >= 4 is 39.5 Å². The van der Waals surface area contributed by atoms with Crippen LogP contribution in [0.4, 0.5) is 5.69 Å². The van der Waals surface area contributed by atoms with Crippen LogP contribution in [-0.2, 0) is 10.5 Å². The number of rotatable bonds is 4. The van der Waals surface area contributed by atoms with E-state index in [0.717, 1.165) is 28.8 Å². The van der Waals surface area contributed by atoms with E-state index in [1.54, 1.807) is 23.5 Å². The molecule has 19 heavy (non-hydrogen) atoms. The zero-order valence-electron chi connectivity index (χ0n) is 11.2. The summed E-state index contributed by atoms with van der Waals surface area (Å²) in [7, 11) is 0. The van der Waals surface area contributed by atoms with Gasteiger partial charge < -0.3 is 5.32 Å². The topological polar surface area (TPSA) is 41.5 Å². The standard InChI is InChI=1S/C14H18N2OS2/c1-3-8-15-13(17)10(2)19-14-16-12-7-5-4-6-11(12)9-18-14/h4-7,10H,3,8-9H2,1-2H3,(H,15,17). The molecule has 0 aliphatic carbocycles. The number of carbonyl (C=O) groups excluding carboxylic acids is 1. The molecule has 0 aromatic heterocycles. The van der Waals surface area contributed by atoms with Crippen LogP contribution < -0.4 is 5.32 Å². The molecule has 1 atom stereocenters. The maximum atomic E-state index is 11.8. The zero-order valence-corrected chi connectivity index (χ0v) is 12.8. The highest BCUT2D eigenvalue weighted by molar-refractivity contribution is 8.39. The van der Waals surface area contributed by atoms with E-state index in [0.29, 0.717) is 0 Å². The monoisotopic (exact) mass is 294 g/mol. The molecule has 0 fully saturated rings. The van der Waals surface area contributed by atoms with Gasteiger partial charge in [0.15, 0.2) is 0 Å². The summed E-state index contributed by atoms with van der Waals surface area (Å²) in [4.78, 5) is 16.4. The first-order valence-electron chi connectivity index (χ1n) is 6.44. The van der Waals surface area contributed by atoms with E-state index >= 15 is 0 Å². The summed E-state index contributed by atoms with van der Waals surface area (Å²) in [6.07, 6.45) is 0.964. The van der Waals surface area contributed by atoms with Crippen molar-refractivity contribution in [1.29, 1.82) is 0 Å². The molecule has 0 saturated carbocycles. The van der Waals surface area contributed by atoms with Crippen molar-refractivity contribution in [2.45, 2.75) is 31.3 Å². The molecule has 1 heterocycles. The Morgan fingerprint density at radius 3 is 3.11 bits per heavy atom. The largest absolute Gasteiger partial charge is 0.355 e. The SMILES string of the molecule is CCCNC(=O)C(C)SC1=Nc2ccccc2CS1. The van der Waals surface area contributed by atoms with Gasteiger partial charge in [0.1, 0.15) is 4.38 Å². The first-order chi connectivity index (χ1) is 9.20. The third-order valence-corrected chi connectivity index (χ3v) is 5.05. The number of amides is 1. The van der Waals surface area contributed by atoms with Crippen molar-refractivity contribution in [3.63, 3.8) is 0 Å². The fourth-order valence-electron chi connectivity index (χ4n) is 1.67. The number of thioether (sulfide) groups is 2. The van der Waals surface area contributed by atoms with E-state index in [-0.39, 0.29) is 11.2 Å². The normalized spacial score (nSPS) is 15.4. The quantitative estimate of drug-likeness (QED) is 0.923. The van der Waals surface area contributed by atoms with Crippen molar-refractivity contribution in [2.24, 2.45) is 4.99 Å². The number of aliphatic imine (C=N–C) groups is 1. The van der Waals surface area contributed by atoms with E-state index in [1.165, 1.54) is 5.56 Å². The van der Waals surface area contributed by atoms with Gasteiger partial charge in [-0.05, 0) is 25.0 Å². The number of para-hydroxylation sites is 1. The predicted molar refractivity (Wildman–Crippen MR) is 85.2 cm³/mol. The van der Waals surface area contributed by atoms with Crippen LogP contribution >= 0.6 is 23.5 Å². The molecule has 3 nitrogen and oxygen atoms in total. The molecule has 1 aromatic carbocycles. The summed E-state index contributed by atoms with van der Waals surface area (Å²) < 4.78 is 0.984. The van der Waals surface area contributed by atoms with Crippen LogP contribution in [0.2, 0.25) is 0 Å². The lowest BCUT2D eigenvalue weighted by atomic mass is 10.2. The first-order valence-corrected chi connectivity index (χ1v) is 8.31. The Labute approximate surface area is 122 Å². The van der Waals surface area contributed by atoms with Gasteiger partial charge in [0.05, 0.1) is 10.9 Å². The third kappa shape index (κ3) is 4.01. The molecule has 1 unspecified atom stereocenters. The Bertz CT molecular complexity index is 488. The summed E-state index contributed by atoms with van der Waals surface area (Å²) in [6, 6.07) is 8.16. The van der Waals surface area contributed by atoms with Gasteiger partial charge >= 0.3 is 0 Å². The summed E-state index contributed by atoms with van der Waals surface area (Å²) in [5.74, 6) is 1.03. The molecule has 0 spiro atoms. The van der Waals surface area contributed by atoms with Crippen LogP contribution in [0.15, 0.2) is 29.3 Å². The number of fused-ring (bicyclic) bond motifs is 1. The van der Waals surface area contributed by atoms with Gasteiger partial charge in [-0.25, -0.2) is 4.99 Å². The lowest BCUT2D eigenvalue weighted by Gasteiger charge is -2.17. The molecule has 0 bridgehead atoms. The summed E-state index contributed by atoms with van der Waals surface area (Å²) in [5, 5.41) is 2.82. The minimum atomic E-state index is -0.0944.